The van der Waals surface area contributed by atoms with Crippen molar-refractivity contribution in [1.82, 2.24) is 0 Å². The third-order valence-electron chi connectivity index (χ3n) is 3.72. The lowest BCUT2D eigenvalue weighted by atomic mass is 10.2. The van der Waals surface area contributed by atoms with Crippen LogP contribution in [-0.4, -0.2) is 58.9 Å². The predicted molar refractivity (Wildman–Crippen MR) is 91.2 cm³/mol. The van der Waals surface area contributed by atoms with Crippen LogP contribution in [0.5, 0.6) is 0 Å². The molecule has 0 aromatic heterocycles. The molecule has 0 heterocycles. The van der Waals surface area contributed by atoms with E-state index in [2.05, 4.69) is 20.8 Å². The monoisotopic (exact) mass is 355 g/mol. The highest BCUT2D eigenvalue weighted by Crippen LogP contribution is 2.20. The van der Waals surface area contributed by atoms with Crippen LogP contribution in [0.25, 0.3) is 0 Å². The van der Waals surface area contributed by atoms with Crippen LogP contribution in [0.2, 0.25) is 0 Å². The van der Waals surface area contributed by atoms with Gasteiger partial charge in [0.25, 0.3) is 0 Å². The van der Waals surface area contributed by atoms with E-state index in [1.165, 1.54) is 38.9 Å². The first-order valence-electron chi connectivity index (χ1n) is 8.84. The molecule has 6 heteroatoms. The lowest BCUT2D eigenvalue weighted by Crippen LogP contribution is -3.00. The minimum atomic E-state index is -2.57. The summed E-state index contributed by atoms with van der Waals surface area (Å²) in [7, 11) is -2.57. The van der Waals surface area contributed by atoms with E-state index in [1.807, 2.05) is 20.8 Å². The lowest BCUT2D eigenvalue weighted by molar-refractivity contribution is -0.921. The van der Waals surface area contributed by atoms with Gasteiger partial charge in [0.2, 0.25) is 0 Å². The molecule has 0 bridgehead atoms. The Hall–Kier alpha value is 0.347. The van der Waals surface area contributed by atoms with Gasteiger partial charge < -0.3 is 30.2 Å². The molecule has 0 unspecified atom stereocenters. The van der Waals surface area contributed by atoms with Gasteiger partial charge in [-0.1, -0.05) is 20.8 Å². The summed E-state index contributed by atoms with van der Waals surface area (Å²) < 4.78 is 19.3. The van der Waals surface area contributed by atoms with Crippen molar-refractivity contribution in [2.45, 2.75) is 60.8 Å². The maximum absolute atomic E-state index is 6.08. The maximum Gasteiger partial charge on any atom is 0.559 e. The van der Waals surface area contributed by atoms with Crippen LogP contribution in [0.4, 0.5) is 0 Å². The van der Waals surface area contributed by atoms with Gasteiger partial charge in [0, 0.05) is 19.8 Å². The van der Waals surface area contributed by atoms with E-state index < -0.39 is 8.80 Å². The fourth-order valence-electron chi connectivity index (χ4n) is 3.33. The second kappa shape index (κ2) is 13.8. The van der Waals surface area contributed by atoms with Crippen LogP contribution in [0, 0.1) is 0 Å². The summed E-state index contributed by atoms with van der Waals surface area (Å²) in [5.41, 5.74) is 0. The standard InChI is InChI=1S/C16H38NO3Si.ClH/c1-7-13-17(14-8-2,15-9-3)16-21(18-10-4,19-11-5)20-12-6;/h7-16H2,1-6H3;1H/q+1;/p-1. The minimum Gasteiger partial charge on any atom is -1.00 e. The number of rotatable bonds is 14. The fourth-order valence-corrected chi connectivity index (χ4v) is 6.47. The first-order valence-corrected chi connectivity index (χ1v) is 10.8. The van der Waals surface area contributed by atoms with E-state index in [0.29, 0.717) is 19.8 Å². The lowest BCUT2D eigenvalue weighted by Gasteiger charge is -2.42. The zero-order valence-corrected chi connectivity index (χ0v) is 17.4. The SMILES string of the molecule is CCC[N+](CCC)(CCC)C[Si](OCC)(OCC)OCC.[Cl-]. The largest absolute Gasteiger partial charge is 1.00 e. The highest BCUT2D eigenvalue weighted by atomic mass is 35.5. The third kappa shape index (κ3) is 8.27. The summed E-state index contributed by atoms with van der Waals surface area (Å²) in [5.74, 6) is 0. The molecule has 0 atom stereocenters. The molecular weight excluding hydrogens is 318 g/mol. The number of nitrogens with zero attached hydrogens (tertiary/aromatic N) is 1. The molecule has 136 valence electrons. The summed E-state index contributed by atoms with van der Waals surface area (Å²) in [6, 6.07) is 0. The average Bonchev–Trinajstić information content (AvgIpc) is 2.40. The Morgan fingerprint density at radius 2 is 0.955 bits per heavy atom. The van der Waals surface area contributed by atoms with Gasteiger partial charge in [-0.3, -0.25) is 0 Å². The van der Waals surface area contributed by atoms with Crippen molar-refractivity contribution in [3.63, 3.8) is 0 Å². The number of hydrogen-bond acceptors (Lipinski definition) is 3. The van der Waals surface area contributed by atoms with Gasteiger partial charge in [-0.05, 0) is 40.0 Å². The molecule has 0 aliphatic rings. The molecule has 0 fully saturated rings. The van der Waals surface area contributed by atoms with Crippen molar-refractivity contribution < 1.29 is 30.2 Å². The van der Waals surface area contributed by atoms with Crippen LogP contribution < -0.4 is 12.4 Å². The molecule has 22 heavy (non-hydrogen) atoms. The fraction of sp³-hybridized carbons (Fsp3) is 1.00. The van der Waals surface area contributed by atoms with Crippen LogP contribution in [0.15, 0.2) is 0 Å². The van der Waals surface area contributed by atoms with Crippen molar-refractivity contribution in [2.24, 2.45) is 0 Å². The predicted octanol–water partition coefficient (Wildman–Crippen LogP) is 0.625. The normalized spacial score (nSPS) is 12.3. The highest BCUT2D eigenvalue weighted by molar-refractivity contribution is 6.60. The Morgan fingerprint density at radius 3 is 1.18 bits per heavy atom. The Kier molecular flexibility index (Phi) is 15.4. The van der Waals surface area contributed by atoms with Crippen molar-refractivity contribution in [2.75, 3.05) is 45.6 Å². The zero-order chi connectivity index (χ0) is 16.2. The zero-order valence-electron chi connectivity index (χ0n) is 15.6. The first-order chi connectivity index (χ1) is 10.1. The quantitative estimate of drug-likeness (QED) is 0.338. The van der Waals surface area contributed by atoms with Crippen molar-refractivity contribution in [3.8, 4) is 0 Å². The second-order valence-electron chi connectivity index (χ2n) is 5.65. The van der Waals surface area contributed by atoms with Crippen LogP contribution in [-0.2, 0) is 13.3 Å². The average molecular weight is 356 g/mol. The molecule has 0 saturated heterocycles. The van der Waals surface area contributed by atoms with Gasteiger partial charge in [-0.25, -0.2) is 0 Å². The van der Waals surface area contributed by atoms with Gasteiger partial charge in [0.15, 0.2) is 0 Å². The van der Waals surface area contributed by atoms with Crippen molar-refractivity contribution in [3.05, 3.63) is 0 Å². The molecule has 4 nitrogen and oxygen atoms in total. The first kappa shape index (κ1) is 24.6. The molecular formula is C16H38ClNO3Si. The Balaban J connectivity index is 0. The van der Waals surface area contributed by atoms with Crippen LogP contribution in [0.3, 0.4) is 0 Å². The molecule has 0 aromatic carbocycles. The van der Waals surface area contributed by atoms with Gasteiger partial charge >= 0.3 is 8.80 Å². The van der Waals surface area contributed by atoms with E-state index in [4.69, 9.17) is 13.3 Å². The summed E-state index contributed by atoms with van der Waals surface area (Å²) in [4.78, 5) is 0. The molecule has 0 N–H and O–H groups in total. The highest BCUT2D eigenvalue weighted by Gasteiger charge is 2.49. The second-order valence-corrected chi connectivity index (χ2v) is 8.20. The molecule has 0 amide bonds. The third-order valence-corrected chi connectivity index (χ3v) is 6.96. The van der Waals surface area contributed by atoms with E-state index in [1.54, 1.807) is 0 Å². The summed E-state index contributed by atoms with van der Waals surface area (Å²) >= 11 is 0. The van der Waals surface area contributed by atoms with Crippen LogP contribution in [0.1, 0.15) is 60.8 Å². The smallest absolute Gasteiger partial charge is 0.559 e. The summed E-state index contributed by atoms with van der Waals surface area (Å²) in [6.45, 7) is 18.5. The number of halogens is 1. The topological polar surface area (TPSA) is 27.7 Å². The molecule has 0 aromatic rings. The van der Waals surface area contributed by atoms with Crippen LogP contribution >= 0.6 is 0 Å². The molecule has 0 rings (SSSR count). The van der Waals surface area contributed by atoms with Gasteiger partial charge in [-0.2, -0.15) is 0 Å². The Labute approximate surface area is 145 Å². The molecule has 0 saturated carbocycles. The van der Waals surface area contributed by atoms with Crippen molar-refractivity contribution >= 4 is 8.80 Å². The molecule has 0 radical (unpaired) electrons. The maximum atomic E-state index is 6.08. The van der Waals surface area contributed by atoms with Gasteiger partial charge in [0.05, 0.1) is 19.6 Å². The minimum absolute atomic E-state index is 0. The summed E-state index contributed by atoms with van der Waals surface area (Å²) in [6.07, 6.45) is 4.48. The van der Waals surface area contributed by atoms with Gasteiger partial charge in [-0.15, -0.1) is 0 Å². The van der Waals surface area contributed by atoms with E-state index in [0.717, 1.165) is 10.7 Å². The van der Waals surface area contributed by atoms with Gasteiger partial charge in [0.1, 0.15) is 6.17 Å². The summed E-state index contributed by atoms with van der Waals surface area (Å²) in [5, 5.41) is 0. The Morgan fingerprint density at radius 1 is 0.636 bits per heavy atom. The van der Waals surface area contributed by atoms with E-state index in [-0.39, 0.29) is 12.4 Å². The van der Waals surface area contributed by atoms with Crippen molar-refractivity contribution in [1.29, 1.82) is 0 Å². The number of hydrogen-bond donors (Lipinski definition) is 0. The molecule has 0 aliphatic carbocycles. The molecule has 0 aliphatic heterocycles. The van der Waals surface area contributed by atoms with E-state index >= 15 is 0 Å². The Bertz CT molecular complexity index is 200. The number of quaternary nitrogens is 1. The molecule has 0 spiro atoms. The van der Waals surface area contributed by atoms with E-state index in [9.17, 15) is 0 Å².